The molecule has 0 bridgehead atoms. The molecule has 0 aromatic heterocycles. The fourth-order valence-electron chi connectivity index (χ4n) is 4.60. The van der Waals surface area contributed by atoms with Crippen LogP contribution in [0.4, 0.5) is 0 Å². The van der Waals surface area contributed by atoms with Gasteiger partial charge in [0.1, 0.15) is 6.10 Å². The molecule has 1 aliphatic heterocycles. The highest BCUT2D eigenvalue weighted by atomic mass is 32.2. The molecule has 1 heterocycles. The molecule has 5 rings (SSSR count). The number of benzene rings is 4. The molecule has 0 saturated carbocycles. The maximum atomic E-state index is 13.3. The standard InChI is InChI=1S/C34H30O10S/c1-23-17-19-27(20-18-23)45(38,39)41-22-28-30(43-33(36)25-13-7-3-8-14-25)31(44-34(37)26-15-9-4-10-16-26)29(21-40-28)42-32(35)24-11-5-2-6-12-24/h2-20,28-31H,21-22H2,1H3/t28-,29+,30+,31-/m1/s1. The number of rotatable bonds is 10. The maximum absolute atomic E-state index is 13.3. The van der Waals surface area contributed by atoms with Crippen molar-refractivity contribution in [2.75, 3.05) is 13.2 Å². The molecule has 4 atom stereocenters. The third-order valence-corrected chi connectivity index (χ3v) is 8.30. The molecular formula is C34H30O10S. The summed E-state index contributed by atoms with van der Waals surface area (Å²) < 4.78 is 54.7. The summed E-state index contributed by atoms with van der Waals surface area (Å²) in [7, 11) is -4.25. The Kier molecular flexibility index (Phi) is 10.0. The minimum atomic E-state index is -4.25. The van der Waals surface area contributed by atoms with E-state index in [1.165, 1.54) is 36.4 Å². The van der Waals surface area contributed by atoms with Crippen molar-refractivity contribution in [1.29, 1.82) is 0 Å². The van der Waals surface area contributed by atoms with Crippen molar-refractivity contribution < 1.29 is 45.9 Å². The largest absolute Gasteiger partial charge is 0.452 e. The van der Waals surface area contributed by atoms with Crippen LogP contribution in [0, 0.1) is 6.92 Å². The zero-order valence-corrected chi connectivity index (χ0v) is 25.0. The summed E-state index contributed by atoms with van der Waals surface area (Å²) >= 11 is 0. The topological polar surface area (TPSA) is 132 Å². The lowest BCUT2D eigenvalue weighted by atomic mass is 9.99. The van der Waals surface area contributed by atoms with Crippen molar-refractivity contribution in [2.24, 2.45) is 0 Å². The van der Waals surface area contributed by atoms with Crippen molar-refractivity contribution in [3.05, 3.63) is 138 Å². The highest BCUT2D eigenvalue weighted by Gasteiger charge is 2.48. The number of esters is 3. The smallest absolute Gasteiger partial charge is 0.338 e. The Balaban J connectivity index is 1.46. The number of hydrogen-bond acceptors (Lipinski definition) is 10. The first kappa shape index (κ1) is 31.6. The van der Waals surface area contributed by atoms with Crippen LogP contribution in [0.1, 0.15) is 36.6 Å². The molecule has 0 N–H and O–H groups in total. The van der Waals surface area contributed by atoms with Gasteiger partial charge in [-0.1, -0.05) is 72.3 Å². The van der Waals surface area contributed by atoms with Gasteiger partial charge in [0.2, 0.25) is 0 Å². The fourth-order valence-corrected chi connectivity index (χ4v) is 5.52. The van der Waals surface area contributed by atoms with Crippen LogP contribution in [0.2, 0.25) is 0 Å². The van der Waals surface area contributed by atoms with Crippen molar-refractivity contribution in [1.82, 2.24) is 0 Å². The van der Waals surface area contributed by atoms with Crippen LogP contribution < -0.4 is 0 Å². The normalized spacial score (nSPS) is 19.7. The van der Waals surface area contributed by atoms with E-state index in [4.69, 9.17) is 23.1 Å². The highest BCUT2D eigenvalue weighted by Crippen LogP contribution is 2.28. The molecule has 0 radical (unpaired) electrons. The van der Waals surface area contributed by atoms with Gasteiger partial charge in [-0.05, 0) is 55.5 Å². The fraction of sp³-hybridized carbons (Fsp3) is 0.206. The summed E-state index contributed by atoms with van der Waals surface area (Å²) in [5.74, 6) is -2.31. The molecule has 0 unspecified atom stereocenters. The van der Waals surface area contributed by atoms with E-state index in [-0.39, 0.29) is 28.2 Å². The van der Waals surface area contributed by atoms with E-state index in [1.54, 1.807) is 78.9 Å². The van der Waals surface area contributed by atoms with Gasteiger partial charge in [0, 0.05) is 0 Å². The average Bonchev–Trinajstić information content (AvgIpc) is 3.07. The van der Waals surface area contributed by atoms with E-state index >= 15 is 0 Å². The van der Waals surface area contributed by atoms with E-state index < -0.39 is 59.0 Å². The second-order valence-corrected chi connectivity index (χ2v) is 11.8. The summed E-state index contributed by atoms with van der Waals surface area (Å²) in [6, 6.07) is 30.4. The van der Waals surface area contributed by atoms with Gasteiger partial charge in [-0.2, -0.15) is 8.42 Å². The van der Waals surface area contributed by atoms with Crippen molar-refractivity contribution in [3.8, 4) is 0 Å². The molecule has 0 aliphatic carbocycles. The highest BCUT2D eigenvalue weighted by molar-refractivity contribution is 7.86. The Morgan fingerprint density at radius 2 is 1.09 bits per heavy atom. The average molecular weight is 631 g/mol. The molecule has 0 spiro atoms. The van der Waals surface area contributed by atoms with Gasteiger partial charge in [0.05, 0.1) is 34.8 Å². The molecule has 45 heavy (non-hydrogen) atoms. The Morgan fingerprint density at radius 1 is 0.644 bits per heavy atom. The first-order valence-corrected chi connectivity index (χ1v) is 15.5. The van der Waals surface area contributed by atoms with Gasteiger partial charge in [-0.25, -0.2) is 14.4 Å². The van der Waals surface area contributed by atoms with Gasteiger partial charge >= 0.3 is 17.9 Å². The molecule has 1 aliphatic rings. The minimum absolute atomic E-state index is 0.0801. The van der Waals surface area contributed by atoms with Crippen LogP contribution in [0.3, 0.4) is 0 Å². The zero-order valence-electron chi connectivity index (χ0n) is 24.2. The van der Waals surface area contributed by atoms with Crippen LogP contribution in [-0.4, -0.2) is 64.0 Å². The van der Waals surface area contributed by atoms with E-state index in [2.05, 4.69) is 0 Å². The third-order valence-electron chi connectivity index (χ3n) is 7.00. The summed E-state index contributed by atoms with van der Waals surface area (Å²) in [6.45, 7) is 0.904. The van der Waals surface area contributed by atoms with Gasteiger partial charge < -0.3 is 18.9 Å². The van der Waals surface area contributed by atoms with Gasteiger partial charge in [-0.3, -0.25) is 4.18 Å². The van der Waals surface area contributed by atoms with Crippen LogP contribution >= 0.6 is 0 Å². The maximum Gasteiger partial charge on any atom is 0.338 e. The van der Waals surface area contributed by atoms with Crippen molar-refractivity contribution >= 4 is 28.0 Å². The number of aryl methyl sites for hydroxylation is 1. The van der Waals surface area contributed by atoms with Crippen molar-refractivity contribution in [3.63, 3.8) is 0 Å². The quantitative estimate of drug-likeness (QED) is 0.137. The van der Waals surface area contributed by atoms with E-state index in [9.17, 15) is 22.8 Å². The minimum Gasteiger partial charge on any atom is -0.452 e. The second-order valence-electron chi connectivity index (χ2n) is 10.2. The van der Waals surface area contributed by atoms with Gasteiger partial charge in [0.15, 0.2) is 18.3 Å². The van der Waals surface area contributed by atoms with Crippen LogP contribution in [0.5, 0.6) is 0 Å². The number of carbonyl (C=O) groups excluding carboxylic acids is 3. The van der Waals surface area contributed by atoms with E-state index in [0.717, 1.165) is 5.56 Å². The van der Waals surface area contributed by atoms with E-state index in [1.807, 2.05) is 6.92 Å². The molecule has 11 heteroatoms. The van der Waals surface area contributed by atoms with Gasteiger partial charge in [0.25, 0.3) is 10.1 Å². The second kappa shape index (κ2) is 14.3. The Labute approximate surface area is 260 Å². The van der Waals surface area contributed by atoms with Crippen LogP contribution in [0.15, 0.2) is 120 Å². The number of hydrogen-bond donors (Lipinski definition) is 0. The predicted molar refractivity (Wildman–Crippen MR) is 161 cm³/mol. The zero-order chi connectivity index (χ0) is 31.8. The molecule has 0 amide bonds. The lowest BCUT2D eigenvalue weighted by Crippen LogP contribution is -2.59. The number of ether oxygens (including phenoxy) is 4. The van der Waals surface area contributed by atoms with Gasteiger partial charge in [-0.15, -0.1) is 0 Å². The van der Waals surface area contributed by atoms with Crippen molar-refractivity contribution in [2.45, 2.75) is 36.2 Å². The summed E-state index contributed by atoms with van der Waals surface area (Å²) in [5.41, 5.74) is 1.47. The van der Waals surface area contributed by atoms with Crippen LogP contribution in [-0.2, 0) is 33.2 Å². The molecule has 1 saturated heterocycles. The lowest BCUT2D eigenvalue weighted by Gasteiger charge is -2.40. The Bertz CT molecular complexity index is 1710. The Hall–Kier alpha value is -4.84. The predicted octanol–water partition coefficient (Wildman–Crippen LogP) is 4.78. The summed E-state index contributed by atoms with van der Waals surface area (Å²) in [4.78, 5) is 39.5. The molecule has 232 valence electrons. The molecule has 10 nitrogen and oxygen atoms in total. The first-order valence-electron chi connectivity index (χ1n) is 14.1. The van der Waals surface area contributed by atoms with Crippen LogP contribution in [0.25, 0.3) is 0 Å². The molecule has 1 fully saturated rings. The molecule has 4 aromatic carbocycles. The lowest BCUT2D eigenvalue weighted by molar-refractivity contribution is -0.195. The number of carbonyl (C=O) groups is 3. The first-order chi connectivity index (χ1) is 21.7. The molecule has 4 aromatic rings. The summed E-state index contributed by atoms with van der Waals surface area (Å²) in [6.07, 6.45) is -5.31. The third kappa shape index (κ3) is 8.01. The monoisotopic (exact) mass is 630 g/mol. The SMILES string of the molecule is Cc1ccc(S(=O)(=O)OC[C@H]2OC[C@H](OC(=O)c3ccccc3)[C@@H](OC(=O)c3ccccc3)[C@H]2OC(=O)c2ccccc2)cc1. The summed E-state index contributed by atoms with van der Waals surface area (Å²) in [5, 5.41) is 0. The Morgan fingerprint density at radius 3 is 1.58 bits per heavy atom. The van der Waals surface area contributed by atoms with E-state index in [0.29, 0.717) is 0 Å². The molecular weight excluding hydrogens is 600 g/mol.